The van der Waals surface area contributed by atoms with Gasteiger partial charge in [0.05, 0.1) is 5.69 Å². The van der Waals surface area contributed by atoms with Crippen molar-refractivity contribution >= 4 is 5.69 Å². The maximum atomic E-state index is 7.39. The van der Waals surface area contributed by atoms with E-state index in [2.05, 4.69) is 162 Å². The molecule has 0 atom stereocenters. The van der Waals surface area contributed by atoms with E-state index in [0.29, 0.717) is 11.3 Å². The second kappa shape index (κ2) is 54.5. The predicted octanol–water partition coefficient (Wildman–Crippen LogP) is 27.9. The number of benzene rings is 11. The second-order valence-electron chi connectivity index (χ2n) is 28.2. The summed E-state index contributed by atoms with van der Waals surface area (Å²) in [5.41, 5.74) is 32.7. The van der Waals surface area contributed by atoms with Crippen molar-refractivity contribution in [3.05, 3.63) is 520 Å². The molecule has 654 valence electrons. The number of pyridine rings is 9. The fourth-order valence-electron chi connectivity index (χ4n) is 12.4. The standard InChI is InChI=1S/2C18H14N.C17H13N2.C17H12N.3C12H10N.C11H9N2.4Ir/c2*1-14-7-9-15(10-8-14)17-11-12-18(19-13-17)16-5-3-2-4-6-16;1-13-11-17(14-7-3-2-4-8-14)19-12-15(13)16-9-5-6-10-18-16;1-3-7-14(8-4-1)16-11-12-17(18-13-16)15-9-5-2-6-10-15;3*1-10-7-8-12(13-9-10)11-5-3-2-4-6-11;12-10-6-7-11(13-8-10)9-4-2-1-3-5-9;;;;/h2*2-5,7-13H,1H3;2-7,9-12H,1H3;1-9,11-13H;3*2-5,7-9H,1H3;1-4,6-8H,12H2;;;;/q8*-1;;;;/i1D3;;;;3*1D3;;;;;. The number of nitrogens with two attached hydrogens (primary N) is 1. The summed E-state index contributed by atoms with van der Waals surface area (Å²) in [7, 11) is 0. The van der Waals surface area contributed by atoms with Crippen LogP contribution in [0.25, 0.3) is 135 Å². The third-order valence-electron chi connectivity index (χ3n) is 19.0. The number of rotatable bonds is 12. The number of hydrogen-bond donors (Lipinski definition) is 1. The molecule has 0 aliphatic heterocycles. The minimum absolute atomic E-state index is 0. The van der Waals surface area contributed by atoms with Crippen molar-refractivity contribution in [1.82, 2.24) is 44.9 Å². The van der Waals surface area contributed by atoms with Crippen LogP contribution in [0.5, 0.6) is 0 Å². The van der Waals surface area contributed by atoms with Crippen LogP contribution < -0.4 is 5.73 Å². The third kappa shape index (κ3) is 32.1. The number of hydrogen-bond acceptors (Lipinski definition) is 10. The van der Waals surface area contributed by atoms with Gasteiger partial charge < -0.3 is 45.6 Å². The number of nitrogens with zero attached hydrogens (tertiary/aromatic N) is 9. The Morgan fingerprint density at radius 2 is 0.466 bits per heavy atom. The Kier molecular flexibility index (Phi) is 35.0. The second-order valence-corrected chi connectivity index (χ2v) is 28.2. The van der Waals surface area contributed by atoms with Crippen molar-refractivity contribution in [2.24, 2.45) is 0 Å². The molecule has 20 aromatic rings. The van der Waals surface area contributed by atoms with Crippen LogP contribution in [0, 0.1) is 89.8 Å². The largest absolute Gasteiger partial charge is 0.398 e. The van der Waals surface area contributed by atoms with Crippen molar-refractivity contribution in [3.63, 3.8) is 0 Å². The van der Waals surface area contributed by atoms with E-state index in [9.17, 15) is 0 Å². The van der Waals surface area contributed by atoms with E-state index in [4.69, 9.17) is 22.2 Å². The minimum atomic E-state index is -2.09. The van der Waals surface area contributed by atoms with Crippen molar-refractivity contribution in [2.45, 2.75) is 41.3 Å². The Hall–Kier alpha value is -13.8. The zero-order valence-electron chi connectivity index (χ0n) is 83.0. The molecular formula is C117H92Ir4N10-8. The molecule has 9 aromatic heterocycles. The van der Waals surface area contributed by atoms with Gasteiger partial charge in [-0.2, -0.15) is 0 Å². The van der Waals surface area contributed by atoms with Gasteiger partial charge in [0.2, 0.25) is 0 Å². The molecule has 0 saturated carbocycles. The van der Waals surface area contributed by atoms with E-state index < -0.39 is 27.4 Å². The van der Waals surface area contributed by atoms with Gasteiger partial charge in [-0.05, 0) is 161 Å². The predicted molar refractivity (Wildman–Crippen MR) is 520 cm³/mol. The fourth-order valence-corrected chi connectivity index (χ4v) is 12.4. The van der Waals surface area contributed by atoms with Crippen LogP contribution in [0.15, 0.2) is 438 Å². The summed E-state index contributed by atoms with van der Waals surface area (Å²) in [4.78, 5) is 38.9. The van der Waals surface area contributed by atoms with E-state index in [0.717, 1.165) is 124 Å². The van der Waals surface area contributed by atoms with Gasteiger partial charge in [0.25, 0.3) is 0 Å². The number of aryl methyl sites for hydroxylation is 6. The summed E-state index contributed by atoms with van der Waals surface area (Å²) >= 11 is 0. The van der Waals surface area contributed by atoms with Gasteiger partial charge in [-0.1, -0.05) is 181 Å². The van der Waals surface area contributed by atoms with Gasteiger partial charge in [-0.3, -0.25) is 4.98 Å². The summed E-state index contributed by atoms with van der Waals surface area (Å²) in [5, 5.41) is 0. The van der Waals surface area contributed by atoms with Crippen molar-refractivity contribution < 1.29 is 96.9 Å². The van der Waals surface area contributed by atoms with Crippen molar-refractivity contribution in [3.8, 4) is 135 Å². The monoisotopic (exact) mass is 2420 g/mol. The van der Waals surface area contributed by atoms with Gasteiger partial charge in [-0.15, -0.1) is 287 Å². The normalized spacial score (nSPS) is 11.6. The number of aromatic nitrogens is 9. The third-order valence-corrected chi connectivity index (χ3v) is 19.0. The topological polar surface area (TPSA) is 142 Å². The minimum Gasteiger partial charge on any atom is -0.398 e. The van der Waals surface area contributed by atoms with Gasteiger partial charge in [0, 0.05) is 164 Å². The quantitative estimate of drug-likeness (QED) is 0.117. The van der Waals surface area contributed by atoms with E-state index in [1.807, 2.05) is 279 Å². The molecule has 0 fully saturated rings. The Balaban J connectivity index is 0.000000182. The van der Waals surface area contributed by atoms with Crippen LogP contribution in [0.2, 0.25) is 0 Å². The first-order valence-corrected chi connectivity index (χ1v) is 40.6. The fraction of sp³-hybridized carbons (Fsp3) is 0.0513. The zero-order chi connectivity index (χ0) is 97.8. The van der Waals surface area contributed by atoms with Crippen molar-refractivity contribution in [1.29, 1.82) is 0 Å². The molecule has 14 heteroatoms. The molecule has 0 spiro atoms. The molecule has 20 rings (SSSR count). The first kappa shape index (κ1) is 84.0. The summed E-state index contributed by atoms with van der Waals surface area (Å²) in [6.45, 7) is -4.16. The van der Waals surface area contributed by atoms with Crippen LogP contribution in [0.3, 0.4) is 0 Å². The molecule has 9 heterocycles. The summed E-state index contributed by atoms with van der Waals surface area (Å²) in [5.74, 6) is 0. The molecule has 2 N–H and O–H groups in total. The van der Waals surface area contributed by atoms with E-state index >= 15 is 0 Å². The van der Waals surface area contributed by atoms with Gasteiger partial charge in [0.15, 0.2) is 0 Å². The number of nitrogen functional groups attached to an aromatic ring is 1. The molecule has 10 nitrogen and oxygen atoms in total. The van der Waals surface area contributed by atoms with Crippen LogP contribution in [-0.4, -0.2) is 44.9 Å². The van der Waals surface area contributed by atoms with Crippen LogP contribution >= 0.6 is 0 Å². The first-order chi connectivity index (χ1) is 67.2. The molecule has 0 unspecified atom stereocenters. The van der Waals surface area contributed by atoms with Gasteiger partial charge >= 0.3 is 0 Å². The molecule has 0 amide bonds. The number of anilines is 1. The molecule has 0 bridgehead atoms. The SMILES string of the molecule is Cc1cc(-c2[c-]cccc2)ncc1-c1ccccn1.Cc1ccc(-c2ccc(-c3[c-]cccc3)nc2)cc1.Nc1ccc(-c2[c-]cccc2)nc1.[2H]C([2H])([2H])c1ccc(-c2[c-]cccc2)nc1.[2H]C([2H])([2H])c1ccc(-c2[c-]cccc2)nc1.[2H]C([2H])([2H])c1ccc(-c2[c-]cccc2)nc1.[2H]C([2H])([2H])c1ccc(-c2ccc(-c3[c-]cccc3)nc2)cc1.[Ir].[Ir].[Ir].[Ir].[c-]1ccccc1-c1ccc(-c2ccccc2)cn1. The molecular weight excluding hydrogens is 2310 g/mol. The summed E-state index contributed by atoms with van der Waals surface area (Å²) in [6.07, 6.45) is 15.1. The zero-order valence-corrected chi connectivity index (χ0v) is 80.6. The van der Waals surface area contributed by atoms with Gasteiger partial charge in [-0.25, -0.2) is 0 Å². The average Bonchev–Trinajstić information content (AvgIpc) is 0.845. The summed E-state index contributed by atoms with van der Waals surface area (Å²) < 4.78 is 87.3. The summed E-state index contributed by atoms with van der Waals surface area (Å²) in [6, 6.07) is 146. The van der Waals surface area contributed by atoms with Crippen molar-refractivity contribution in [2.75, 3.05) is 5.73 Å². The van der Waals surface area contributed by atoms with Crippen LogP contribution in [-0.2, 0) is 80.4 Å². The van der Waals surface area contributed by atoms with E-state index in [1.165, 1.54) is 40.8 Å². The Morgan fingerprint density at radius 3 is 0.725 bits per heavy atom. The maximum absolute atomic E-state index is 7.39. The molecule has 0 aliphatic rings. The molecule has 0 aliphatic carbocycles. The molecule has 131 heavy (non-hydrogen) atoms. The maximum Gasteiger partial charge on any atom is 0.0719 e. The Labute approximate surface area is 842 Å². The molecule has 11 aromatic carbocycles. The first-order valence-electron chi connectivity index (χ1n) is 46.6. The van der Waals surface area contributed by atoms with E-state index in [-0.39, 0.29) is 97.1 Å². The van der Waals surface area contributed by atoms with Crippen LogP contribution in [0.4, 0.5) is 5.69 Å². The molecule has 4 radical (unpaired) electrons. The Bertz CT molecular complexity index is 6780. The van der Waals surface area contributed by atoms with Crippen LogP contribution in [0.1, 0.15) is 49.8 Å². The van der Waals surface area contributed by atoms with E-state index in [1.54, 1.807) is 85.3 Å². The average molecular weight is 2420 g/mol. The Morgan fingerprint density at radius 1 is 0.206 bits per heavy atom. The smallest absolute Gasteiger partial charge is 0.0719 e. The van der Waals surface area contributed by atoms with Gasteiger partial charge in [0.1, 0.15) is 0 Å². The molecule has 0 saturated heterocycles.